The number of hydrogen-bond donors (Lipinski definition) is 1. The Kier molecular flexibility index (Phi) is 5.25. The SMILES string of the molecule is CN1CCN(C(=O)c2cc(N/N=C/c3cccnc3)nc3ccccc23)CC1. The van der Waals surface area contributed by atoms with Gasteiger partial charge in [0.2, 0.25) is 0 Å². The number of para-hydroxylation sites is 1. The average Bonchev–Trinajstić information content (AvgIpc) is 2.74. The molecule has 142 valence electrons. The summed E-state index contributed by atoms with van der Waals surface area (Å²) in [5.41, 5.74) is 5.23. The fraction of sp³-hybridized carbons (Fsp3) is 0.238. The van der Waals surface area contributed by atoms with E-state index in [0.29, 0.717) is 11.4 Å². The second kappa shape index (κ2) is 8.14. The van der Waals surface area contributed by atoms with Gasteiger partial charge in [0.1, 0.15) is 5.82 Å². The number of likely N-dealkylation sites (N-methyl/N-ethyl adjacent to an activating group) is 1. The van der Waals surface area contributed by atoms with Crippen molar-refractivity contribution in [2.45, 2.75) is 0 Å². The van der Waals surface area contributed by atoms with Crippen LogP contribution in [-0.2, 0) is 0 Å². The summed E-state index contributed by atoms with van der Waals surface area (Å²) in [5, 5.41) is 5.09. The van der Waals surface area contributed by atoms with Crippen molar-refractivity contribution in [2.24, 2.45) is 5.10 Å². The van der Waals surface area contributed by atoms with Crippen LogP contribution in [0, 0.1) is 0 Å². The highest BCUT2D eigenvalue weighted by Gasteiger charge is 2.22. The lowest BCUT2D eigenvalue weighted by molar-refractivity contribution is 0.0666. The van der Waals surface area contributed by atoms with Crippen molar-refractivity contribution in [3.8, 4) is 0 Å². The number of pyridine rings is 2. The Morgan fingerprint density at radius 2 is 1.96 bits per heavy atom. The summed E-state index contributed by atoms with van der Waals surface area (Å²) in [6, 6.07) is 13.2. The van der Waals surface area contributed by atoms with E-state index in [2.05, 4.69) is 32.4 Å². The van der Waals surface area contributed by atoms with Crippen LogP contribution in [0.5, 0.6) is 0 Å². The van der Waals surface area contributed by atoms with Crippen LogP contribution in [-0.4, -0.2) is 65.1 Å². The molecule has 1 saturated heterocycles. The van der Waals surface area contributed by atoms with Crippen molar-refractivity contribution < 1.29 is 4.79 Å². The van der Waals surface area contributed by atoms with Gasteiger partial charge in [-0.3, -0.25) is 15.2 Å². The molecule has 28 heavy (non-hydrogen) atoms. The third-order valence-electron chi connectivity index (χ3n) is 4.81. The summed E-state index contributed by atoms with van der Waals surface area (Å²) in [5.74, 6) is 0.572. The lowest BCUT2D eigenvalue weighted by Gasteiger charge is -2.32. The molecule has 0 aliphatic carbocycles. The number of hydrazone groups is 1. The number of nitrogens with one attached hydrogen (secondary N) is 1. The van der Waals surface area contributed by atoms with Gasteiger partial charge in [0, 0.05) is 49.5 Å². The standard InChI is InChI=1S/C21H22N6O/c1-26-9-11-27(12-10-26)21(28)18-13-20(24-19-7-3-2-6-17(18)19)25-23-15-16-5-4-8-22-14-16/h2-8,13-15H,9-12H2,1H3,(H,24,25)/b23-15+. The van der Waals surface area contributed by atoms with Crippen LogP contribution in [0.4, 0.5) is 5.82 Å². The van der Waals surface area contributed by atoms with Crippen LogP contribution in [0.2, 0.25) is 0 Å². The lowest BCUT2D eigenvalue weighted by Crippen LogP contribution is -2.47. The summed E-state index contributed by atoms with van der Waals surface area (Å²) >= 11 is 0. The third-order valence-corrected chi connectivity index (χ3v) is 4.81. The highest BCUT2D eigenvalue weighted by Crippen LogP contribution is 2.23. The first-order chi connectivity index (χ1) is 13.7. The van der Waals surface area contributed by atoms with Crippen molar-refractivity contribution in [1.29, 1.82) is 0 Å². The van der Waals surface area contributed by atoms with Crippen molar-refractivity contribution in [2.75, 3.05) is 38.7 Å². The maximum absolute atomic E-state index is 13.2. The minimum absolute atomic E-state index is 0.0333. The molecule has 0 radical (unpaired) electrons. The van der Waals surface area contributed by atoms with Crippen LogP contribution < -0.4 is 5.43 Å². The van der Waals surface area contributed by atoms with Gasteiger partial charge >= 0.3 is 0 Å². The molecule has 4 rings (SSSR count). The molecule has 2 aromatic heterocycles. The van der Waals surface area contributed by atoms with Gasteiger partial charge in [-0.25, -0.2) is 4.98 Å². The van der Waals surface area contributed by atoms with E-state index in [1.807, 2.05) is 41.3 Å². The van der Waals surface area contributed by atoms with E-state index >= 15 is 0 Å². The summed E-state index contributed by atoms with van der Waals surface area (Å²) in [7, 11) is 2.08. The molecule has 1 aliphatic rings. The lowest BCUT2D eigenvalue weighted by atomic mass is 10.1. The maximum atomic E-state index is 13.2. The monoisotopic (exact) mass is 374 g/mol. The summed E-state index contributed by atoms with van der Waals surface area (Å²) in [6.07, 6.45) is 5.11. The van der Waals surface area contributed by atoms with E-state index in [1.165, 1.54) is 0 Å². The number of fused-ring (bicyclic) bond motifs is 1. The maximum Gasteiger partial charge on any atom is 0.254 e. The first kappa shape index (κ1) is 18.1. The van der Waals surface area contributed by atoms with Crippen molar-refractivity contribution in [3.05, 3.63) is 66.0 Å². The van der Waals surface area contributed by atoms with Gasteiger partial charge in [-0.1, -0.05) is 24.3 Å². The highest BCUT2D eigenvalue weighted by molar-refractivity contribution is 6.07. The third kappa shape index (κ3) is 3.99. The van der Waals surface area contributed by atoms with Crippen LogP contribution in [0.25, 0.3) is 10.9 Å². The zero-order chi connectivity index (χ0) is 19.3. The minimum atomic E-state index is 0.0333. The number of benzene rings is 1. The normalized spacial score (nSPS) is 15.2. The Bertz CT molecular complexity index is 996. The van der Waals surface area contributed by atoms with Gasteiger partial charge in [0.25, 0.3) is 5.91 Å². The number of piperazine rings is 1. The molecule has 1 fully saturated rings. The molecule has 0 unspecified atom stereocenters. The number of aromatic nitrogens is 2. The number of nitrogens with zero attached hydrogens (tertiary/aromatic N) is 5. The molecule has 3 aromatic rings. The minimum Gasteiger partial charge on any atom is -0.336 e. The predicted octanol–water partition coefficient (Wildman–Crippen LogP) is 2.46. The first-order valence-electron chi connectivity index (χ1n) is 9.27. The van der Waals surface area contributed by atoms with E-state index in [1.54, 1.807) is 24.7 Å². The molecular formula is C21H22N6O. The molecule has 0 bridgehead atoms. The Morgan fingerprint density at radius 1 is 1.14 bits per heavy atom. The Balaban J connectivity index is 1.62. The average molecular weight is 374 g/mol. The van der Waals surface area contributed by atoms with Gasteiger partial charge in [-0.05, 0) is 25.2 Å². The number of carbonyl (C=O) groups excluding carboxylic acids is 1. The molecule has 3 heterocycles. The summed E-state index contributed by atoms with van der Waals surface area (Å²) in [4.78, 5) is 26.0. The Morgan fingerprint density at radius 3 is 2.75 bits per heavy atom. The fourth-order valence-corrected chi connectivity index (χ4v) is 3.21. The van der Waals surface area contributed by atoms with Crippen molar-refractivity contribution >= 4 is 28.8 Å². The van der Waals surface area contributed by atoms with Gasteiger partial charge in [-0.15, -0.1) is 0 Å². The smallest absolute Gasteiger partial charge is 0.254 e. The van der Waals surface area contributed by atoms with Crippen molar-refractivity contribution in [3.63, 3.8) is 0 Å². The van der Waals surface area contributed by atoms with Gasteiger partial charge < -0.3 is 9.80 Å². The first-order valence-corrected chi connectivity index (χ1v) is 9.27. The molecule has 7 heteroatoms. The van der Waals surface area contributed by atoms with Crippen LogP contribution in [0.15, 0.2) is 60.0 Å². The predicted molar refractivity (Wildman–Crippen MR) is 111 cm³/mol. The largest absolute Gasteiger partial charge is 0.336 e. The second-order valence-corrected chi connectivity index (χ2v) is 6.82. The summed E-state index contributed by atoms with van der Waals surface area (Å²) < 4.78 is 0. The van der Waals surface area contributed by atoms with Crippen LogP contribution >= 0.6 is 0 Å². The number of rotatable bonds is 4. The topological polar surface area (TPSA) is 73.7 Å². The zero-order valence-electron chi connectivity index (χ0n) is 15.7. The second-order valence-electron chi connectivity index (χ2n) is 6.82. The quantitative estimate of drug-likeness (QED) is 0.561. The zero-order valence-corrected chi connectivity index (χ0v) is 15.7. The van der Waals surface area contributed by atoms with Crippen LogP contribution in [0.3, 0.4) is 0 Å². The van der Waals surface area contributed by atoms with E-state index in [4.69, 9.17) is 0 Å². The summed E-state index contributed by atoms with van der Waals surface area (Å²) in [6.45, 7) is 3.23. The van der Waals surface area contributed by atoms with E-state index in [0.717, 1.165) is 42.6 Å². The van der Waals surface area contributed by atoms with Gasteiger partial charge in [0.05, 0.1) is 17.3 Å². The Hall–Kier alpha value is -3.32. The van der Waals surface area contributed by atoms with E-state index < -0.39 is 0 Å². The van der Waals surface area contributed by atoms with E-state index in [9.17, 15) is 4.79 Å². The molecule has 1 amide bonds. The molecule has 1 aliphatic heterocycles. The fourth-order valence-electron chi connectivity index (χ4n) is 3.21. The number of anilines is 1. The number of amides is 1. The van der Waals surface area contributed by atoms with E-state index in [-0.39, 0.29) is 5.91 Å². The molecule has 0 atom stereocenters. The number of carbonyl (C=O) groups is 1. The van der Waals surface area contributed by atoms with Gasteiger partial charge in [0.15, 0.2) is 0 Å². The molecular weight excluding hydrogens is 352 g/mol. The molecule has 1 N–H and O–H groups in total. The molecule has 0 saturated carbocycles. The van der Waals surface area contributed by atoms with Crippen molar-refractivity contribution in [1.82, 2.24) is 19.8 Å². The molecule has 1 aromatic carbocycles. The van der Waals surface area contributed by atoms with Gasteiger partial charge in [-0.2, -0.15) is 5.10 Å². The molecule has 0 spiro atoms. The highest BCUT2D eigenvalue weighted by atomic mass is 16.2. The Labute approximate surface area is 163 Å². The molecule has 7 nitrogen and oxygen atoms in total. The van der Waals surface area contributed by atoms with Crippen LogP contribution in [0.1, 0.15) is 15.9 Å². The number of hydrogen-bond acceptors (Lipinski definition) is 6.